The van der Waals surface area contributed by atoms with Crippen LogP contribution in [0.2, 0.25) is 0 Å². The molecule has 2 atom stereocenters. The molecule has 0 fully saturated rings. The highest BCUT2D eigenvalue weighted by atomic mass is 19.1. The first-order chi connectivity index (χ1) is 7.90. The molecule has 0 amide bonds. The third-order valence-corrected chi connectivity index (χ3v) is 2.31. The van der Waals surface area contributed by atoms with Crippen molar-refractivity contribution in [2.45, 2.75) is 32.4 Å². The Morgan fingerprint density at radius 2 is 2.12 bits per heavy atom. The maximum absolute atomic E-state index is 12.9. The number of anilines is 1. The lowest BCUT2D eigenvalue weighted by molar-refractivity contribution is 0.0697. The van der Waals surface area contributed by atoms with E-state index in [1.165, 1.54) is 12.1 Å². The number of rotatable bonds is 5. The van der Waals surface area contributed by atoms with Crippen LogP contribution in [0.15, 0.2) is 18.2 Å². The Balaban J connectivity index is 2.86. The molecule has 0 saturated carbocycles. The molecule has 5 heteroatoms. The van der Waals surface area contributed by atoms with Gasteiger partial charge in [0.1, 0.15) is 5.82 Å². The summed E-state index contributed by atoms with van der Waals surface area (Å²) in [5, 5.41) is 21.1. The molecule has 0 radical (unpaired) electrons. The van der Waals surface area contributed by atoms with Gasteiger partial charge in [0.25, 0.3) is 0 Å². The summed E-state index contributed by atoms with van der Waals surface area (Å²) in [6, 6.07) is 3.46. The monoisotopic (exact) mass is 241 g/mol. The van der Waals surface area contributed by atoms with Crippen molar-refractivity contribution in [3.63, 3.8) is 0 Å². The van der Waals surface area contributed by atoms with Gasteiger partial charge in [-0.2, -0.15) is 0 Å². The molecule has 0 saturated heterocycles. The van der Waals surface area contributed by atoms with E-state index in [9.17, 15) is 14.3 Å². The Kier molecular flexibility index (Phi) is 4.45. The number of hydrogen-bond donors (Lipinski definition) is 3. The summed E-state index contributed by atoms with van der Waals surface area (Å²) in [6.45, 7) is 3.47. The van der Waals surface area contributed by atoms with Crippen molar-refractivity contribution in [2.24, 2.45) is 0 Å². The van der Waals surface area contributed by atoms with Crippen molar-refractivity contribution < 1.29 is 19.4 Å². The second kappa shape index (κ2) is 5.63. The van der Waals surface area contributed by atoms with Crippen molar-refractivity contribution in [2.75, 3.05) is 5.32 Å². The van der Waals surface area contributed by atoms with E-state index >= 15 is 0 Å². The standard InChI is InChI=1S/C12H16FNO3/c1-7(5-8(2)15)14-11-4-3-9(13)6-10(11)12(16)17/h3-4,6-8,14-15H,5H2,1-2H3,(H,16,17). The molecule has 0 aromatic heterocycles. The van der Waals surface area contributed by atoms with Gasteiger partial charge < -0.3 is 15.5 Å². The lowest BCUT2D eigenvalue weighted by Gasteiger charge is -2.18. The Hall–Kier alpha value is -1.62. The molecule has 2 unspecified atom stereocenters. The van der Waals surface area contributed by atoms with Gasteiger partial charge in [-0.3, -0.25) is 0 Å². The van der Waals surface area contributed by atoms with E-state index in [0.717, 1.165) is 6.07 Å². The predicted molar refractivity (Wildman–Crippen MR) is 62.7 cm³/mol. The van der Waals surface area contributed by atoms with Crippen LogP contribution < -0.4 is 5.32 Å². The maximum atomic E-state index is 12.9. The third-order valence-electron chi connectivity index (χ3n) is 2.31. The van der Waals surface area contributed by atoms with Gasteiger partial charge in [0, 0.05) is 11.7 Å². The van der Waals surface area contributed by atoms with E-state index in [1.54, 1.807) is 6.92 Å². The Labute approximate surface area is 99.1 Å². The molecule has 1 rings (SSSR count). The minimum Gasteiger partial charge on any atom is -0.478 e. The van der Waals surface area contributed by atoms with Crippen molar-refractivity contribution in [3.8, 4) is 0 Å². The van der Waals surface area contributed by atoms with Crippen LogP contribution in [0.5, 0.6) is 0 Å². The Morgan fingerprint density at radius 3 is 2.65 bits per heavy atom. The number of carbonyl (C=O) groups is 1. The molecule has 1 aromatic carbocycles. The number of carboxylic acids is 1. The highest BCUT2D eigenvalue weighted by Crippen LogP contribution is 2.19. The number of benzene rings is 1. The number of carboxylic acid groups (broad SMARTS) is 1. The summed E-state index contributed by atoms with van der Waals surface area (Å²) in [4.78, 5) is 10.9. The molecule has 17 heavy (non-hydrogen) atoms. The van der Waals surface area contributed by atoms with Crippen LogP contribution in [0, 0.1) is 5.82 Å². The first-order valence-corrected chi connectivity index (χ1v) is 5.37. The summed E-state index contributed by atoms with van der Waals surface area (Å²) >= 11 is 0. The minimum absolute atomic E-state index is 0.0986. The SMILES string of the molecule is CC(O)CC(C)Nc1ccc(F)cc1C(=O)O. The lowest BCUT2D eigenvalue weighted by atomic mass is 10.1. The highest BCUT2D eigenvalue weighted by molar-refractivity contribution is 5.94. The van der Waals surface area contributed by atoms with Crippen LogP contribution >= 0.6 is 0 Å². The zero-order chi connectivity index (χ0) is 13.0. The molecule has 3 N–H and O–H groups in total. The fraction of sp³-hybridized carbons (Fsp3) is 0.417. The number of hydrogen-bond acceptors (Lipinski definition) is 3. The summed E-state index contributed by atoms with van der Waals surface area (Å²) in [6.07, 6.45) is 0.00223. The number of aliphatic hydroxyl groups is 1. The summed E-state index contributed by atoms with van der Waals surface area (Å²) in [5.41, 5.74) is 0.245. The summed E-state index contributed by atoms with van der Waals surface area (Å²) in [7, 11) is 0. The van der Waals surface area contributed by atoms with Crippen LogP contribution in [0.3, 0.4) is 0 Å². The summed E-state index contributed by atoms with van der Waals surface area (Å²) < 4.78 is 12.9. The minimum atomic E-state index is -1.18. The number of aliphatic hydroxyl groups excluding tert-OH is 1. The molecular weight excluding hydrogens is 225 g/mol. The van der Waals surface area contributed by atoms with Crippen LogP contribution in [-0.4, -0.2) is 28.3 Å². The fourth-order valence-corrected chi connectivity index (χ4v) is 1.66. The van der Waals surface area contributed by atoms with E-state index in [0.29, 0.717) is 12.1 Å². The van der Waals surface area contributed by atoms with Gasteiger partial charge in [-0.05, 0) is 38.5 Å². The second-order valence-electron chi connectivity index (χ2n) is 4.13. The van der Waals surface area contributed by atoms with Crippen molar-refractivity contribution >= 4 is 11.7 Å². The van der Waals surface area contributed by atoms with Crippen molar-refractivity contribution in [1.82, 2.24) is 0 Å². The molecule has 0 spiro atoms. The van der Waals surface area contributed by atoms with Crippen LogP contribution in [0.25, 0.3) is 0 Å². The van der Waals surface area contributed by atoms with Gasteiger partial charge in [0.2, 0.25) is 0 Å². The van der Waals surface area contributed by atoms with Crippen LogP contribution in [0.1, 0.15) is 30.6 Å². The van der Waals surface area contributed by atoms with Crippen molar-refractivity contribution in [1.29, 1.82) is 0 Å². The van der Waals surface area contributed by atoms with Gasteiger partial charge in [-0.25, -0.2) is 9.18 Å². The zero-order valence-electron chi connectivity index (χ0n) is 9.77. The molecule has 0 bridgehead atoms. The normalized spacial score (nSPS) is 14.1. The van der Waals surface area contributed by atoms with Gasteiger partial charge in [-0.15, -0.1) is 0 Å². The maximum Gasteiger partial charge on any atom is 0.337 e. The molecule has 0 aliphatic heterocycles. The van der Waals surface area contributed by atoms with E-state index in [1.807, 2.05) is 6.92 Å². The van der Waals surface area contributed by atoms with Gasteiger partial charge in [0.05, 0.1) is 11.7 Å². The molecular formula is C12H16FNO3. The van der Waals surface area contributed by atoms with Crippen molar-refractivity contribution in [3.05, 3.63) is 29.6 Å². The Bertz CT molecular complexity index is 407. The number of aromatic carboxylic acids is 1. The van der Waals surface area contributed by atoms with E-state index < -0.39 is 17.9 Å². The smallest absolute Gasteiger partial charge is 0.337 e. The topological polar surface area (TPSA) is 69.6 Å². The molecule has 4 nitrogen and oxygen atoms in total. The highest BCUT2D eigenvalue weighted by Gasteiger charge is 2.14. The number of nitrogens with one attached hydrogen (secondary N) is 1. The zero-order valence-corrected chi connectivity index (χ0v) is 9.77. The molecule has 0 aliphatic rings. The first-order valence-electron chi connectivity index (χ1n) is 5.37. The largest absolute Gasteiger partial charge is 0.478 e. The first kappa shape index (κ1) is 13.4. The lowest BCUT2D eigenvalue weighted by Crippen LogP contribution is -2.22. The predicted octanol–water partition coefficient (Wildman–Crippen LogP) is 2.10. The quantitative estimate of drug-likeness (QED) is 0.738. The third kappa shape index (κ3) is 4.03. The van der Waals surface area contributed by atoms with Gasteiger partial charge >= 0.3 is 5.97 Å². The molecule has 94 valence electrons. The molecule has 0 aliphatic carbocycles. The molecule has 1 aromatic rings. The second-order valence-corrected chi connectivity index (χ2v) is 4.13. The fourth-order valence-electron chi connectivity index (χ4n) is 1.66. The Morgan fingerprint density at radius 1 is 1.47 bits per heavy atom. The van der Waals surface area contributed by atoms with Crippen LogP contribution in [-0.2, 0) is 0 Å². The average molecular weight is 241 g/mol. The van der Waals surface area contributed by atoms with Gasteiger partial charge in [-0.1, -0.05) is 0 Å². The van der Waals surface area contributed by atoms with E-state index in [4.69, 9.17) is 5.11 Å². The summed E-state index contributed by atoms with van der Waals surface area (Å²) in [5.74, 6) is -1.77. The molecule has 0 heterocycles. The van der Waals surface area contributed by atoms with Gasteiger partial charge in [0.15, 0.2) is 0 Å². The van der Waals surface area contributed by atoms with E-state index in [-0.39, 0.29) is 11.6 Å². The number of halogens is 1. The van der Waals surface area contributed by atoms with E-state index in [2.05, 4.69) is 5.32 Å². The average Bonchev–Trinajstić information content (AvgIpc) is 2.19. The van der Waals surface area contributed by atoms with Crippen LogP contribution in [0.4, 0.5) is 10.1 Å².